The summed E-state index contributed by atoms with van der Waals surface area (Å²) in [5.74, 6) is 0.196. The highest BCUT2D eigenvalue weighted by Crippen LogP contribution is 2.39. The molecule has 1 aromatic heterocycles. The third kappa shape index (κ3) is 3.78. The molecule has 0 fully saturated rings. The second-order valence-corrected chi connectivity index (χ2v) is 7.60. The van der Waals surface area contributed by atoms with Gasteiger partial charge in [-0.1, -0.05) is 6.92 Å². The van der Waals surface area contributed by atoms with Crippen molar-refractivity contribution in [3.8, 4) is 11.8 Å². The van der Waals surface area contributed by atoms with E-state index in [9.17, 15) is 20.2 Å². The zero-order valence-corrected chi connectivity index (χ0v) is 15.9. The summed E-state index contributed by atoms with van der Waals surface area (Å²) in [7, 11) is 0. The number of carbonyl (C=O) groups is 1. The minimum atomic E-state index is -0.576. The molecule has 0 saturated heterocycles. The topological polar surface area (TPSA) is 105 Å². The quantitative estimate of drug-likeness (QED) is 0.610. The van der Waals surface area contributed by atoms with Crippen LogP contribution >= 0.6 is 11.3 Å². The number of nitrogens with one attached hydrogen (secondary N) is 1. The molecule has 1 heterocycles. The van der Waals surface area contributed by atoms with Crippen molar-refractivity contribution in [3.63, 3.8) is 0 Å². The first-order valence-corrected chi connectivity index (χ1v) is 9.53. The third-order valence-electron chi connectivity index (χ3n) is 4.57. The van der Waals surface area contributed by atoms with E-state index >= 15 is 0 Å². The fourth-order valence-electron chi connectivity index (χ4n) is 3.21. The molecule has 2 aromatic rings. The fourth-order valence-corrected chi connectivity index (χ4v) is 4.57. The van der Waals surface area contributed by atoms with Gasteiger partial charge in [0.1, 0.15) is 11.1 Å². The van der Waals surface area contributed by atoms with Gasteiger partial charge < -0.3 is 10.1 Å². The summed E-state index contributed by atoms with van der Waals surface area (Å²) in [4.78, 5) is 24.4. The zero-order valence-electron chi connectivity index (χ0n) is 15.1. The Morgan fingerprint density at radius 1 is 1.52 bits per heavy atom. The molecule has 0 saturated carbocycles. The van der Waals surface area contributed by atoms with Gasteiger partial charge in [-0.15, -0.1) is 11.3 Å². The molecule has 1 N–H and O–H groups in total. The van der Waals surface area contributed by atoms with E-state index in [1.165, 1.54) is 29.5 Å². The molecule has 3 rings (SSSR count). The number of carbonyl (C=O) groups excluding carboxylic acids is 1. The smallest absolute Gasteiger partial charge is 0.311 e. The van der Waals surface area contributed by atoms with E-state index < -0.39 is 10.8 Å². The Labute approximate surface area is 160 Å². The number of rotatable bonds is 5. The number of hydrogen-bond acceptors (Lipinski definition) is 6. The zero-order chi connectivity index (χ0) is 19.6. The van der Waals surface area contributed by atoms with Crippen LogP contribution in [0.5, 0.6) is 5.75 Å². The Kier molecular flexibility index (Phi) is 5.42. The Balaban J connectivity index is 1.89. The number of fused-ring (bicyclic) bond motifs is 1. The Morgan fingerprint density at radius 3 is 2.96 bits per heavy atom. The predicted octanol–water partition coefficient (Wildman–Crippen LogP) is 4.30. The van der Waals surface area contributed by atoms with Gasteiger partial charge in [0.15, 0.2) is 5.75 Å². The number of nitro benzene ring substituents is 1. The molecule has 1 aromatic carbocycles. The normalized spacial score (nSPS) is 15.5. The van der Waals surface area contributed by atoms with Gasteiger partial charge in [0.05, 0.1) is 17.1 Å². The number of amides is 1. The van der Waals surface area contributed by atoms with Gasteiger partial charge in [-0.3, -0.25) is 14.9 Å². The Bertz CT molecular complexity index is 945. The van der Waals surface area contributed by atoms with Crippen LogP contribution in [0.15, 0.2) is 18.2 Å². The van der Waals surface area contributed by atoms with Crippen molar-refractivity contribution in [2.24, 2.45) is 5.92 Å². The summed E-state index contributed by atoms with van der Waals surface area (Å²) in [5.41, 5.74) is 1.42. The average molecular weight is 385 g/mol. The van der Waals surface area contributed by atoms with Gasteiger partial charge in [-0.2, -0.15) is 5.26 Å². The van der Waals surface area contributed by atoms with E-state index in [0.717, 1.165) is 29.7 Å². The molecule has 8 heteroatoms. The van der Waals surface area contributed by atoms with E-state index in [4.69, 9.17) is 4.74 Å². The first kappa shape index (κ1) is 18.9. The number of nitro groups is 1. The molecule has 7 nitrogen and oxygen atoms in total. The summed E-state index contributed by atoms with van der Waals surface area (Å²) in [5, 5.41) is 24.0. The highest BCUT2D eigenvalue weighted by Gasteiger charge is 2.25. The Hall–Kier alpha value is -2.92. The maximum atomic E-state index is 12.6. The molecule has 0 aliphatic heterocycles. The van der Waals surface area contributed by atoms with Crippen LogP contribution in [0.4, 0.5) is 10.7 Å². The lowest BCUT2D eigenvalue weighted by Crippen LogP contribution is -2.12. The van der Waals surface area contributed by atoms with E-state index in [1.54, 1.807) is 6.92 Å². The van der Waals surface area contributed by atoms with Gasteiger partial charge in [0, 0.05) is 16.5 Å². The molecule has 0 spiro atoms. The first-order chi connectivity index (χ1) is 12.9. The predicted molar refractivity (Wildman–Crippen MR) is 102 cm³/mol. The van der Waals surface area contributed by atoms with Crippen molar-refractivity contribution in [3.05, 3.63) is 49.9 Å². The highest BCUT2D eigenvalue weighted by molar-refractivity contribution is 7.16. The molecular formula is C19H19N3O4S. The first-order valence-electron chi connectivity index (χ1n) is 8.71. The van der Waals surface area contributed by atoms with Gasteiger partial charge in [-0.25, -0.2) is 0 Å². The lowest BCUT2D eigenvalue weighted by Gasteiger charge is -2.17. The van der Waals surface area contributed by atoms with Gasteiger partial charge >= 0.3 is 5.69 Å². The van der Waals surface area contributed by atoms with Crippen LogP contribution in [-0.2, 0) is 12.8 Å². The van der Waals surface area contributed by atoms with Crippen LogP contribution in [0.1, 0.15) is 46.6 Å². The van der Waals surface area contributed by atoms with Crippen molar-refractivity contribution in [1.29, 1.82) is 5.26 Å². The molecule has 0 radical (unpaired) electrons. The van der Waals surface area contributed by atoms with E-state index in [1.807, 2.05) is 0 Å². The highest BCUT2D eigenvalue weighted by atomic mass is 32.1. The Morgan fingerprint density at radius 2 is 2.30 bits per heavy atom. The molecule has 0 unspecified atom stereocenters. The maximum Gasteiger partial charge on any atom is 0.311 e. The molecule has 1 atom stereocenters. The number of nitrogens with zero attached hydrogens (tertiary/aromatic N) is 2. The number of anilines is 1. The molecule has 1 aliphatic rings. The summed E-state index contributed by atoms with van der Waals surface area (Å²) in [6, 6.07) is 6.30. The largest absolute Gasteiger partial charge is 0.487 e. The van der Waals surface area contributed by atoms with Crippen LogP contribution in [0, 0.1) is 27.4 Å². The summed E-state index contributed by atoms with van der Waals surface area (Å²) in [6.07, 6.45) is 2.76. The second kappa shape index (κ2) is 7.76. The monoisotopic (exact) mass is 385 g/mol. The number of nitriles is 1. The molecule has 1 aliphatic carbocycles. The molecule has 27 heavy (non-hydrogen) atoms. The molecular weight excluding hydrogens is 366 g/mol. The van der Waals surface area contributed by atoms with Crippen LogP contribution < -0.4 is 10.1 Å². The lowest BCUT2D eigenvalue weighted by atomic mass is 9.88. The van der Waals surface area contributed by atoms with Gasteiger partial charge in [0.2, 0.25) is 0 Å². The number of ether oxygens (including phenoxy) is 1. The summed E-state index contributed by atoms with van der Waals surface area (Å²) in [6.45, 7) is 4.19. The van der Waals surface area contributed by atoms with Crippen molar-refractivity contribution in [2.45, 2.75) is 33.1 Å². The third-order valence-corrected chi connectivity index (χ3v) is 5.74. The minimum Gasteiger partial charge on any atom is -0.487 e. The maximum absolute atomic E-state index is 12.6. The summed E-state index contributed by atoms with van der Waals surface area (Å²) >= 11 is 1.42. The van der Waals surface area contributed by atoms with Crippen LogP contribution in [-0.4, -0.2) is 17.4 Å². The molecule has 0 bridgehead atoms. The van der Waals surface area contributed by atoms with Crippen molar-refractivity contribution in [1.82, 2.24) is 0 Å². The standard InChI is InChI=1S/C19H19N3O4S/c1-3-26-16-7-5-12(9-15(16)22(24)25)18(23)21-19-14(10-20)13-6-4-11(2)8-17(13)27-19/h5,7,9,11H,3-4,6,8H2,1-2H3,(H,21,23)/t11-/m0/s1. The summed E-state index contributed by atoms with van der Waals surface area (Å²) < 4.78 is 5.24. The second-order valence-electron chi connectivity index (χ2n) is 6.49. The molecule has 140 valence electrons. The number of thiophene rings is 1. The van der Waals surface area contributed by atoms with Gasteiger partial charge in [-0.05, 0) is 49.8 Å². The van der Waals surface area contributed by atoms with Gasteiger partial charge in [0.25, 0.3) is 5.91 Å². The SMILES string of the molecule is CCOc1ccc(C(=O)Nc2sc3c(c2C#N)CC[C@H](C)C3)cc1[N+](=O)[O-]. The van der Waals surface area contributed by atoms with Crippen molar-refractivity contribution in [2.75, 3.05) is 11.9 Å². The number of hydrogen-bond donors (Lipinski definition) is 1. The fraction of sp³-hybridized carbons (Fsp3) is 0.368. The lowest BCUT2D eigenvalue weighted by molar-refractivity contribution is -0.385. The van der Waals surface area contributed by atoms with Crippen LogP contribution in [0.25, 0.3) is 0 Å². The van der Waals surface area contributed by atoms with Crippen LogP contribution in [0.3, 0.4) is 0 Å². The average Bonchev–Trinajstić information content (AvgIpc) is 2.97. The van der Waals surface area contributed by atoms with Crippen LogP contribution in [0.2, 0.25) is 0 Å². The number of benzene rings is 1. The van der Waals surface area contributed by atoms with E-state index in [0.29, 0.717) is 16.5 Å². The van der Waals surface area contributed by atoms with Crippen molar-refractivity contribution >= 4 is 27.9 Å². The van der Waals surface area contributed by atoms with E-state index in [-0.39, 0.29) is 23.6 Å². The van der Waals surface area contributed by atoms with Crippen molar-refractivity contribution < 1.29 is 14.5 Å². The minimum absolute atomic E-state index is 0.123. The molecule has 1 amide bonds. The van der Waals surface area contributed by atoms with E-state index in [2.05, 4.69) is 18.3 Å².